The smallest absolute Gasteiger partial charge is 0.459 e. The van der Waals surface area contributed by atoms with E-state index in [1.807, 2.05) is 0 Å². The molecule has 1 aromatic carbocycles. The molecule has 0 spiro atoms. The number of alkyl halides is 1. The number of esters is 1. The molecule has 0 aliphatic carbocycles. The Labute approximate surface area is 207 Å². The first-order chi connectivity index (χ1) is 16.8. The number of aliphatic hydroxyl groups is 1. The Morgan fingerprint density at radius 3 is 2.61 bits per heavy atom. The van der Waals surface area contributed by atoms with Crippen LogP contribution in [0.25, 0.3) is 0 Å². The second-order valence-electron chi connectivity index (χ2n) is 8.70. The number of benzene rings is 1. The molecule has 0 amide bonds. The standard InChI is InChI=1S/C22H30FN4O8P/c1-13(2)33-19(29)14(3)26-36(31,35-15-8-6-5-7-9-15)32-12-16-18(28)22(4,23)20(34-16)27-11-10-17(24)25-21(27)30/h5-11,13-14,16,18,20,28H,12H2,1-4H3,(H,26,31)(H2,24,25,30). The summed E-state index contributed by atoms with van der Waals surface area (Å²) >= 11 is 0. The minimum absolute atomic E-state index is 0.0644. The zero-order chi connectivity index (χ0) is 26.7. The molecule has 1 aliphatic rings. The average Bonchev–Trinajstić information content (AvgIpc) is 3.01. The van der Waals surface area contributed by atoms with Crippen molar-refractivity contribution in [2.24, 2.45) is 0 Å². The lowest BCUT2D eigenvalue weighted by Crippen LogP contribution is -2.43. The van der Waals surface area contributed by atoms with E-state index in [1.165, 1.54) is 31.3 Å². The molecule has 36 heavy (non-hydrogen) atoms. The van der Waals surface area contributed by atoms with E-state index >= 15 is 4.39 Å². The van der Waals surface area contributed by atoms with Gasteiger partial charge in [0.1, 0.15) is 29.8 Å². The summed E-state index contributed by atoms with van der Waals surface area (Å²) in [5.41, 5.74) is 2.16. The molecule has 1 aliphatic heterocycles. The molecule has 2 aromatic rings. The number of rotatable bonds is 10. The molecule has 6 atom stereocenters. The molecule has 1 fully saturated rings. The van der Waals surface area contributed by atoms with Crippen LogP contribution in [0.1, 0.15) is 33.9 Å². The van der Waals surface area contributed by atoms with Gasteiger partial charge in [-0.05, 0) is 45.9 Å². The van der Waals surface area contributed by atoms with E-state index in [-0.39, 0.29) is 11.6 Å². The number of nitrogen functional groups attached to an aromatic ring is 1. The highest BCUT2D eigenvalue weighted by molar-refractivity contribution is 7.52. The van der Waals surface area contributed by atoms with E-state index in [1.54, 1.807) is 32.0 Å². The van der Waals surface area contributed by atoms with Gasteiger partial charge >= 0.3 is 19.4 Å². The van der Waals surface area contributed by atoms with Gasteiger partial charge in [-0.25, -0.2) is 13.8 Å². The predicted molar refractivity (Wildman–Crippen MR) is 127 cm³/mol. The summed E-state index contributed by atoms with van der Waals surface area (Å²) in [7, 11) is -4.29. The lowest BCUT2D eigenvalue weighted by Gasteiger charge is -2.25. The number of anilines is 1. The highest BCUT2D eigenvalue weighted by Gasteiger charge is 2.56. The van der Waals surface area contributed by atoms with Crippen LogP contribution >= 0.6 is 7.75 Å². The second-order valence-corrected chi connectivity index (χ2v) is 10.4. The molecule has 1 saturated heterocycles. The molecule has 0 bridgehead atoms. The molecule has 198 valence electrons. The van der Waals surface area contributed by atoms with Crippen LogP contribution in [-0.4, -0.2) is 57.3 Å². The minimum atomic E-state index is -4.29. The van der Waals surface area contributed by atoms with Crippen LogP contribution < -0.4 is 21.0 Å². The zero-order valence-electron chi connectivity index (χ0n) is 20.2. The van der Waals surface area contributed by atoms with Crippen LogP contribution in [0, 0.1) is 0 Å². The predicted octanol–water partition coefficient (Wildman–Crippen LogP) is 1.95. The Morgan fingerprint density at radius 1 is 1.33 bits per heavy atom. The lowest BCUT2D eigenvalue weighted by atomic mass is 9.98. The van der Waals surface area contributed by atoms with Gasteiger partial charge in [0.2, 0.25) is 0 Å². The van der Waals surface area contributed by atoms with Crippen molar-refractivity contribution in [2.45, 2.75) is 63.9 Å². The molecular weight excluding hydrogens is 498 g/mol. The van der Waals surface area contributed by atoms with Gasteiger partial charge in [-0.2, -0.15) is 10.1 Å². The number of nitrogens with zero attached hydrogens (tertiary/aromatic N) is 2. The number of ether oxygens (including phenoxy) is 2. The summed E-state index contributed by atoms with van der Waals surface area (Å²) in [6, 6.07) is 8.20. The highest BCUT2D eigenvalue weighted by atomic mass is 31.2. The average molecular weight is 528 g/mol. The van der Waals surface area contributed by atoms with Gasteiger partial charge in [0.05, 0.1) is 12.7 Å². The van der Waals surface area contributed by atoms with Crippen molar-refractivity contribution in [3.8, 4) is 5.75 Å². The van der Waals surface area contributed by atoms with Crippen molar-refractivity contribution in [3.63, 3.8) is 0 Å². The van der Waals surface area contributed by atoms with E-state index in [0.717, 1.165) is 11.5 Å². The Balaban J connectivity index is 1.79. The van der Waals surface area contributed by atoms with Crippen LogP contribution in [0.2, 0.25) is 0 Å². The van der Waals surface area contributed by atoms with Gasteiger partial charge in [0, 0.05) is 6.20 Å². The molecule has 14 heteroatoms. The fourth-order valence-corrected chi connectivity index (χ4v) is 4.96. The molecule has 4 N–H and O–H groups in total. The van der Waals surface area contributed by atoms with Crippen molar-refractivity contribution >= 4 is 19.5 Å². The number of carbonyl (C=O) groups excluding carboxylic acids is 1. The van der Waals surface area contributed by atoms with Gasteiger partial charge in [-0.1, -0.05) is 18.2 Å². The number of hydrogen-bond donors (Lipinski definition) is 3. The minimum Gasteiger partial charge on any atom is -0.462 e. The number of carbonyl (C=O) groups is 1. The zero-order valence-corrected chi connectivity index (χ0v) is 21.1. The van der Waals surface area contributed by atoms with Gasteiger partial charge in [-0.3, -0.25) is 13.9 Å². The maximum absolute atomic E-state index is 15.5. The van der Waals surface area contributed by atoms with Crippen molar-refractivity contribution in [1.29, 1.82) is 0 Å². The molecule has 3 rings (SSSR count). The molecular formula is C22H30FN4O8P. The van der Waals surface area contributed by atoms with Crippen molar-refractivity contribution < 1.29 is 37.4 Å². The van der Waals surface area contributed by atoms with Gasteiger partial charge < -0.3 is 24.8 Å². The Morgan fingerprint density at radius 2 is 2.00 bits per heavy atom. The number of nitrogens with two attached hydrogens (primary N) is 1. The molecule has 1 aromatic heterocycles. The van der Waals surface area contributed by atoms with E-state index in [2.05, 4.69) is 10.1 Å². The number of aliphatic hydroxyl groups excluding tert-OH is 1. The summed E-state index contributed by atoms with van der Waals surface area (Å²) in [5.74, 6) is -0.599. The van der Waals surface area contributed by atoms with E-state index in [0.29, 0.717) is 0 Å². The fourth-order valence-electron chi connectivity index (χ4n) is 3.46. The van der Waals surface area contributed by atoms with E-state index < -0.39 is 62.3 Å². The second kappa shape index (κ2) is 11.1. The monoisotopic (exact) mass is 528 g/mol. The van der Waals surface area contributed by atoms with Crippen molar-refractivity contribution in [2.75, 3.05) is 12.3 Å². The summed E-state index contributed by atoms with van der Waals surface area (Å²) in [5, 5.41) is 13.1. The Hall–Kier alpha value is -2.83. The van der Waals surface area contributed by atoms with Crippen LogP contribution in [0.5, 0.6) is 5.75 Å². The first kappa shape index (κ1) is 27.8. The normalized spacial score (nSPS) is 26.4. The molecule has 0 saturated carbocycles. The van der Waals surface area contributed by atoms with Gasteiger partial charge in [-0.15, -0.1) is 0 Å². The quantitative estimate of drug-likeness (QED) is 0.305. The van der Waals surface area contributed by atoms with Crippen LogP contribution in [-0.2, 0) is 23.4 Å². The van der Waals surface area contributed by atoms with E-state index in [4.69, 9.17) is 24.3 Å². The summed E-state index contributed by atoms with van der Waals surface area (Å²) in [4.78, 5) is 28.0. The topological polar surface area (TPSA) is 164 Å². The third-order valence-corrected chi connectivity index (χ3v) is 6.90. The summed E-state index contributed by atoms with van der Waals surface area (Å²) in [6.45, 7) is 5.16. The van der Waals surface area contributed by atoms with Crippen molar-refractivity contribution in [1.82, 2.24) is 14.6 Å². The van der Waals surface area contributed by atoms with E-state index in [9.17, 15) is 19.3 Å². The Bertz CT molecular complexity index is 1160. The molecule has 2 heterocycles. The number of halogens is 1. The Kier molecular flexibility index (Phi) is 8.52. The summed E-state index contributed by atoms with van der Waals surface area (Å²) in [6.07, 6.45) is -3.92. The first-order valence-corrected chi connectivity index (χ1v) is 12.7. The first-order valence-electron chi connectivity index (χ1n) is 11.2. The van der Waals surface area contributed by atoms with Crippen LogP contribution in [0.4, 0.5) is 10.2 Å². The van der Waals surface area contributed by atoms with Gasteiger partial charge in [0.15, 0.2) is 11.9 Å². The van der Waals surface area contributed by atoms with Crippen molar-refractivity contribution in [3.05, 3.63) is 53.1 Å². The fraction of sp³-hybridized carbons (Fsp3) is 0.500. The van der Waals surface area contributed by atoms with Crippen LogP contribution in [0.15, 0.2) is 47.4 Å². The SMILES string of the molecule is CC(C)OC(=O)C(C)NP(=O)(OCC1OC(n2ccc(N)nc2=O)C(C)(F)C1O)Oc1ccccc1. The number of para-hydroxylation sites is 1. The molecule has 6 unspecified atom stereocenters. The number of nitrogens with one attached hydrogen (secondary N) is 1. The third-order valence-electron chi connectivity index (χ3n) is 5.26. The highest BCUT2D eigenvalue weighted by Crippen LogP contribution is 2.47. The number of hydrogen-bond acceptors (Lipinski definition) is 10. The third kappa shape index (κ3) is 6.48. The maximum Gasteiger partial charge on any atom is 0.459 e. The maximum atomic E-state index is 15.5. The van der Waals surface area contributed by atoms with Crippen LogP contribution in [0.3, 0.4) is 0 Å². The summed E-state index contributed by atoms with van der Waals surface area (Å²) < 4.78 is 51.6. The molecule has 12 nitrogen and oxygen atoms in total. The largest absolute Gasteiger partial charge is 0.462 e. The lowest BCUT2D eigenvalue weighted by molar-refractivity contribution is -0.149. The van der Waals surface area contributed by atoms with Gasteiger partial charge in [0.25, 0.3) is 0 Å². The molecule has 0 radical (unpaired) electrons. The number of aromatic nitrogens is 2.